The van der Waals surface area contributed by atoms with Gasteiger partial charge in [-0.05, 0) is 62.1 Å². The van der Waals surface area contributed by atoms with Crippen molar-refractivity contribution in [2.75, 3.05) is 26.2 Å². The zero-order chi connectivity index (χ0) is 22.8. The van der Waals surface area contributed by atoms with Crippen molar-refractivity contribution < 1.29 is 14.4 Å². The van der Waals surface area contributed by atoms with E-state index in [0.717, 1.165) is 25.9 Å². The number of benzene rings is 1. The lowest BCUT2D eigenvalue weighted by molar-refractivity contribution is -0.135. The summed E-state index contributed by atoms with van der Waals surface area (Å²) in [7, 11) is 0. The molecule has 3 aliphatic rings. The highest BCUT2D eigenvalue weighted by Crippen LogP contribution is 2.33. The van der Waals surface area contributed by atoms with Gasteiger partial charge in [0, 0.05) is 44.1 Å². The van der Waals surface area contributed by atoms with E-state index in [-0.39, 0.29) is 23.9 Å². The van der Waals surface area contributed by atoms with Gasteiger partial charge in [-0.1, -0.05) is 18.2 Å². The summed E-state index contributed by atoms with van der Waals surface area (Å²) in [5, 5.41) is 3.00. The smallest absolute Gasteiger partial charge is 0.325 e. The molecule has 0 radical (unpaired) electrons. The number of likely N-dealkylation sites (tertiary alicyclic amines) is 2. The number of hydrogen-bond donors (Lipinski definition) is 1. The normalized spacial score (nSPS) is 23.1. The highest BCUT2D eigenvalue weighted by atomic mass is 16.2. The SMILES string of the molecule is O=C(c1ccccc1)N1CCC2(CC1)NC(=O)N([C@@H]1CCCN(Cc3ccncc3)C1)C2=O. The number of urea groups is 1. The molecule has 4 amide bonds. The molecule has 1 atom stereocenters. The first-order valence-electron chi connectivity index (χ1n) is 11.7. The maximum absolute atomic E-state index is 13.5. The largest absolute Gasteiger partial charge is 0.338 e. The van der Waals surface area contributed by atoms with E-state index in [1.165, 1.54) is 10.5 Å². The summed E-state index contributed by atoms with van der Waals surface area (Å²) in [5.74, 6) is -0.159. The summed E-state index contributed by atoms with van der Waals surface area (Å²) in [4.78, 5) is 48.9. The van der Waals surface area contributed by atoms with Crippen LogP contribution in [-0.2, 0) is 11.3 Å². The van der Waals surface area contributed by atoms with Gasteiger partial charge in [0.25, 0.3) is 11.8 Å². The molecule has 172 valence electrons. The van der Waals surface area contributed by atoms with Crippen LogP contribution in [0.1, 0.15) is 41.6 Å². The van der Waals surface area contributed by atoms with Gasteiger partial charge in [0.05, 0.1) is 6.04 Å². The minimum Gasteiger partial charge on any atom is -0.338 e. The third-order valence-corrected chi connectivity index (χ3v) is 7.12. The van der Waals surface area contributed by atoms with Crippen molar-refractivity contribution in [1.82, 2.24) is 25.0 Å². The Hall–Kier alpha value is -3.26. The Kier molecular flexibility index (Phi) is 5.85. The van der Waals surface area contributed by atoms with Gasteiger partial charge in [0.2, 0.25) is 0 Å². The molecule has 0 saturated carbocycles. The van der Waals surface area contributed by atoms with Crippen LogP contribution in [0.3, 0.4) is 0 Å². The summed E-state index contributed by atoms with van der Waals surface area (Å²) < 4.78 is 0. The number of carbonyl (C=O) groups is 3. The van der Waals surface area contributed by atoms with E-state index >= 15 is 0 Å². The van der Waals surface area contributed by atoms with E-state index < -0.39 is 5.54 Å². The molecule has 3 fully saturated rings. The third-order valence-electron chi connectivity index (χ3n) is 7.12. The Bertz CT molecular complexity index is 1020. The van der Waals surface area contributed by atoms with E-state index in [9.17, 15) is 14.4 Å². The van der Waals surface area contributed by atoms with Crippen LogP contribution in [0.2, 0.25) is 0 Å². The highest BCUT2D eigenvalue weighted by Gasteiger charge is 2.54. The van der Waals surface area contributed by atoms with Gasteiger partial charge in [-0.2, -0.15) is 0 Å². The fourth-order valence-electron chi connectivity index (χ4n) is 5.30. The summed E-state index contributed by atoms with van der Waals surface area (Å²) in [6, 6.07) is 12.8. The fourth-order valence-corrected chi connectivity index (χ4v) is 5.30. The van der Waals surface area contributed by atoms with Gasteiger partial charge >= 0.3 is 6.03 Å². The highest BCUT2D eigenvalue weighted by molar-refractivity contribution is 6.07. The van der Waals surface area contributed by atoms with Crippen molar-refractivity contribution in [1.29, 1.82) is 0 Å². The number of imide groups is 1. The molecule has 0 bridgehead atoms. The Morgan fingerprint density at radius 3 is 2.48 bits per heavy atom. The van der Waals surface area contributed by atoms with Crippen molar-refractivity contribution in [2.45, 2.75) is 43.8 Å². The molecule has 2 aromatic rings. The molecule has 1 aromatic carbocycles. The number of carbonyl (C=O) groups excluding carboxylic acids is 3. The monoisotopic (exact) mass is 447 g/mol. The van der Waals surface area contributed by atoms with E-state index in [4.69, 9.17) is 0 Å². The number of nitrogens with one attached hydrogen (secondary N) is 1. The van der Waals surface area contributed by atoms with Crippen molar-refractivity contribution in [3.8, 4) is 0 Å². The number of piperidine rings is 2. The number of amides is 4. The maximum Gasteiger partial charge on any atom is 0.325 e. The second kappa shape index (κ2) is 8.94. The average Bonchev–Trinajstić information content (AvgIpc) is 3.09. The molecule has 33 heavy (non-hydrogen) atoms. The standard InChI is InChI=1S/C25H29N5O3/c31-22(20-5-2-1-3-6-20)29-15-10-25(11-16-29)23(32)30(24(33)27-25)21-7-4-14-28(18-21)17-19-8-12-26-13-9-19/h1-3,5-6,8-9,12-13,21H,4,7,10-11,14-18H2,(H,27,33)/t21-/m1/s1. The summed E-state index contributed by atoms with van der Waals surface area (Å²) >= 11 is 0. The second-order valence-electron chi connectivity index (χ2n) is 9.23. The summed E-state index contributed by atoms with van der Waals surface area (Å²) in [5.41, 5.74) is 0.931. The van der Waals surface area contributed by atoms with Crippen LogP contribution in [0.5, 0.6) is 0 Å². The van der Waals surface area contributed by atoms with Crippen LogP contribution in [0.25, 0.3) is 0 Å². The van der Waals surface area contributed by atoms with Crippen LogP contribution in [-0.4, -0.2) is 75.3 Å². The lowest BCUT2D eigenvalue weighted by atomic mass is 9.86. The number of pyridine rings is 1. The number of aromatic nitrogens is 1. The number of nitrogens with zero attached hydrogens (tertiary/aromatic N) is 4. The Labute approximate surface area is 193 Å². The summed E-state index contributed by atoms with van der Waals surface area (Å²) in [6.07, 6.45) is 6.22. The molecule has 1 spiro atoms. The molecule has 1 N–H and O–H groups in total. The van der Waals surface area contributed by atoms with Crippen LogP contribution in [0.4, 0.5) is 4.79 Å². The van der Waals surface area contributed by atoms with Gasteiger partial charge < -0.3 is 10.2 Å². The van der Waals surface area contributed by atoms with E-state index in [0.29, 0.717) is 38.0 Å². The van der Waals surface area contributed by atoms with Crippen LogP contribution < -0.4 is 5.32 Å². The van der Waals surface area contributed by atoms with Crippen molar-refractivity contribution in [3.63, 3.8) is 0 Å². The van der Waals surface area contributed by atoms with Gasteiger partial charge in [-0.25, -0.2) is 4.79 Å². The fraction of sp³-hybridized carbons (Fsp3) is 0.440. The summed E-state index contributed by atoms with van der Waals surface area (Å²) in [6.45, 7) is 3.31. The molecule has 5 rings (SSSR count). The van der Waals surface area contributed by atoms with Crippen LogP contribution in [0, 0.1) is 0 Å². The van der Waals surface area contributed by atoms with Crippen LogP contribution >= 0.6 is 0 Å². The van der Waals surface area contributed by atoms with Gasteiger partial charge in [0.1, 0.15) is 5.54 Å². The molecule has 0 aliphatic carbocycles. The first-order chi connectivity index (χ1) is 16.1. The molecule has 3 aliphatic heterocycles. The minimum absolute atomic E-state index is 0.0295. The molecule has 4 heterocycles. The topological polar surface area (TPSA) is 85.8 Å². The molecule has 8 nitrogen and oxygen atoms in total. The zero-order valence-corrected chi connectivity index (χ0v) is 18.7. The molecule has 0 unspecified atom stereocenters. The molecular weight excluding hydrogens is 418 g/mol. The maximum atomic E-state index is 13.5. The van der Waals surface area contributed by atoms with Crippen molar-refractivity contribution in [3.05, 3.63) is 66.0 Å². The second-order valence-corrected chi connectivity index (χ2v) is 9.23. The third kappa shape index (κ3) is 4.23. The number of rotatable bonds is 4. The van der Waals surface area contributed by atoms with E-state index in [1.807, 2.05) is 30.3 Å². The van der Waals surface area contributed by atoms with Gasteiger partial charge in [-0.3, -0.25) is 24.4 Å². The van der Waals surface area contributed by atoms with Gasteiger partial charge in [-0.15, -0.1) is 0 Å². The Morgan fingerprint density at radius 2 is 1.76 bits per heavy atom. The number of hydrogen-bond acceptors (Lipinski definition) is 5. The lowest BCUT2D eigenvalue weighted by Crippen LogP contribution is -2.56. The zero-order valence-electron chi connectivity index (χ0n) is 18.7. The van der Waals surface area contributed by atoms with E-state index in [1.54, 1.807) is 29.4 Å². The first kappa shape index (κ1) is 21.6. The predicted molar refractivity (Wildman–Crippen MR) is 122 cm³/mol. The molecule has 3 saturated heterocycles. The molecule has 1 aromatic heterocycles. The quantitative estimate of drug-likeness (QED) is 0.727. The molecular formula is C25H29N5O3. The minimum atomic E-state index is -0.891. The van der Waals surface area contributed by atoms with Gasteiger partial charge in [0.15, 0.2) is 0 Å². The van der Waals surface area contributed by atoms with Crippen LogP contribution in [0.15, 0.2) is 54.9 Å². The Morgan fingerprint density at radius 1 is 1.03 bits per heavy atom. The average molecular weight is 448 g/mol. The van der Waals surface area contributed by atoms with E-state index in [2.05, 4.69) is 15.2 Å². The lowest BCUT2D eigenvalue weighted by Gasteiger charge is -2.39. The van der Waals surface area contributed by atoms with Crippen molar-refractivity contribution >= 4 is 17.8 Å². The van der Waals surface area contributed by atoms with Crippen molar-refractivity contribution in [2.24, 2.45) is 0 Å². The Balaban J connectivity index is 1.23. The predicted octanol–water partition coefficient (Wildman–Crippen LogP) is 2.27. The molecule has 8 heteroatoms. The first-order valence-corrected chi connectivity index (χ1v) is 11.7.